The Hall–Kier alpha value is -0.340. The Morgan fingerprint density at radius 3 is 2.90 bits per heavy atom. The largest absolute Gasteiger partial charge is 0.310 e. The van der Waals surface area contributed by atoms with Crippen LogP contribution in [-0.2, 0) is 0 Å². The summed E-state index contributed by atoms with van der Waals surface area (Å²) in [7, 11) is 0. The molecule has 0 amide bonds. The first-order chi connectivity index (χ1) is 4.86. The van der Waals surface area contributed by atoms with Crippen LogP contribution in [-0.4, -0.2) is 6.54 Å². The predicted octanol–water partition coefficient (Wildman–Crippen LogP) is 2.09. The molecular weight excluding hydrogens is 142 g/mol. The van der Waals surface area contributed by atoms with Crippen LogP contribution >= 0.6 is 11.3 Å². The van der Waals surface area contributed by atoms with Gasteiger partial charge in [-0.1, -0.05) is 0 Å². The molecule has 1 aromatic rings. The van der Waals surface area contributed by atoms with Crippen molar-refractivity contribution in [2.45, 2.75) is 19.4 Å². The number of aryl methyl sites for hydroxylation is 1. The van der Waals surface area contributed by atoms with Crippen molar-refractivity contribution >= 4 is 11.3 Å². The van der Waals surface area contributed by atoms with Crippen molar-refractivity contribution in [1.82, 2.24) is 5.32 Å². The molecule has 1 aliphatic heterocycles. The van der Waals surface area contributed by atoms with Gasteiger partial charge in [0.15, 0.2) is 0 Å². The third-order valence-electron chi connectivity index (χ3n) is 1.98. The summed E-state index contributed by atoms with van der Waals surface area (Å²) >= 11 is 1.84. The summed E-state index contributed by atoms with van der Waals surface area (Å²) in [5, 5.41) is 5.64. The second-order valence-corrected chi connectivity index (χ2v) is 3.90. The van der Waals surface area contributed by atoms with Crippen LogP contribution in [0.1, 0.15) is 22.9 Å². The maximum atomic E-state index is 3.38. The van der Waals surface area contributed by atoms with Gasteiger partial charge in [0.2, 0.25) is 0 Å². The zero-order chi connectivity index (χ0) is 6.97. The summed E-state index contributed by atoms with van der Waals surface area (Å²) in [4.78, 5) is 1.42. The van der Waals surface area contributed by atoms with E-state index in [9.17, 15) is 0 Å². The first kappa shape index (κ1) is 6.38. The molecule has 1 saturated heterocycles. The Kier molecular flexibility index (Phi) is 1.51. The van der Waals surface area contributed by atoms with E-state index < -0.39 is 0 Å². The average Bonchev–Trinajstić information content (AvgIpc) is 2.10. The molecular formula is C8H11NS. The first-order valence-corrected chi connectivity index (χ1v) is 4.52. The Bertz CT molecular complexity index is 225. The van der Waals surface area contributed by atoms with Gasteiger partial charge in [-0.15, -0.1) is 11.3 Å². The van der Waals surface area contributed by atoms with Gasteiger partial charge in [0.25, 0.3) is 0 Å². The highest BCUT2D eigenvalue weighted by molar-refractivity contribution is 7.10. The van der Waals surface area contributed by atoms with Gasteiger partial charge in [-0.2, -0.15) is 0 Å². The van der Waals surface area contributed by atoms with Gasteiger partial charge in [0.1, 0.15) is 0 Å². The Morgan fingerprint density at radius 2 is 2.50 bits per heavy atom. The SMILES string of the molecule is Cc1cc([C@@H]2CCN2)cs1. The quantitative estimate of drug-likeness (QED) is 0.651. The highest BCUT2D eigenvalue weighted by atomic mass is 32.1. The van der Waals surface area contributed by atoms with Crippen molar-refractivity contribution in [3.8, 4) is 0 Å². The summed E-state index contributed by atoms with van der Waals surface area (Å²) in [5.41, 5.74) is 1.48. The molecule has 0 aliphatic carbocycles. The van der Waals surface area contributed by atoms with Gasteiger partial charge in [-0.25, -0.2) is 0 Å². The molecule has 0 bridgehead atoms. The van der Waals surface area contributed by atoms with Gasteiger partial charge in [-0.05, 0) is 36.9 Å². The normalized spacial score (nSPS) is 24.3. The molecule has 2 rings (SSSR count). The molecule has 0 saturated carbocycles. The number of nitrogens with one attached hydrogen (secondary N) is 1. The Labute approximate surface area is 65.1 Å². The minimum atomic E-state index is 0.671. The van der Waals surface area contributed by atoms with Gasteiger partial charge in [0.05, 0.1) is 0 Å². The molecule has 0 spiro atoms. The maximum absolute atomic E-state index is 3.38. The van der Waals surface area contributed by atoms with Crippen LogP contribution < -0.4 is 5.32 Å². The second-order valence-electron chi connectivity index (χ2n) is 2.79. The van der Waals surface area contributed by atoms with E-state index in [2.05, 4.69) is 23.7 Å². The molecule has 1 aliphatic rings. The fourth-order valence-corrected chi connectivity index (χ4v) is 1.98. The van der Waals surface area contributed by atoms with E-state index in [0.717, 1.165) is 0 Å². The minimum Gasteiger partial charge on any atom is -0.310 e. The Balaban J connectivity index is 2.17. The van der Waals surface area contributed by atoms with E-state index in [1.165, 1.54) is 23.4 Å². The molecule has 0 unspecified atom stereocenters. The fraction of sp³-hybridized carbons (Fsp3) is 0.500. The van der Waals surface area contributed by atoms with Crippen LogP contribution in [0.5, 0.6) is 0 Å². The monoisotopic (exact) mass is 153 g/mol. The van der Waals surface area contributed by atoms with Crippen molar-refractivity contribution in [1.29, 1.82) is 0 Å². The molecule has 1 nitrogen and oxygen atoms in total. The van der Waals surface area contributed by atoms with Crippen LogP contribution in [0.2, 0.25) is 0 Å². The molecule has 1 fully saturated rings. The molecule has 0 aromatic carbocycles. The van der Waals surface area contributed by atoms with Crippen molar-refractivity contribution in [2.24, 2.45) is 0 Å². The van der Waals surface area contributed by atoms with Gasteiger partial charge >= 0.3 is 0 Å². The van der Waals surface area contributed by atoms with Crippen molar-refractivity contribution in [3.63, 3.8) is 0 Å². The molecule has 10 heavy (non-hydrogen) atoms. The van der Waals surface area contributed by atoms with E-state index in [1.54, 1.807) is 0 Å². The number of thiophene rings is 1. The summed E-state index contributed by atoms with van der Waals surface area (Å²) < 4.78 is 0. The average molecular weight is 153 g/mol. The molecule has 54 valence electrons. The van der Waals surface area contributed by atoms with Gasteiger partial charge in [0, 0.05) is 10.9 Å². The second kappa shape index (κ2) is 2.36. The van der Waals surface area contributed by atoms with E-state index in [4.69, 9.17) is 0 Å². The third-order valence-corrected chi connectivity index (χ3v) is 2.86. The highest BCUT2D eigenvalue weighted by Crippen LogP contribution is 2.26. The van der Waals surface area contributed by atoms with E-state index in [0.29, 0.717) is 6.04 Å². The number of hydrogen-bond donors (Lipinski definition) is 1. The van der Waals surface area contributed by atoms with E-state index in [-0.39, 0.29) is 0 Å². The predicted molar refractivity (Wildman–Crippen MR) is 44.4 cm³/mol. The van der Waals surface area contributed by atoms with Crippen LogP contribution in [0.25, 0.3) is 0 Å². The van der Waals surface area contributed by atoms with Gasteiger partial charge in [-0.3, -0.25) is 0 Å². The van der Waals surface area contributed by atoms with E-state index in [1.807, 2.05) is 11.3 Å². The molecule has 1 atom stereocenters. The molecule has 2 heterocycles. The molecule has 0 radical (unpaired) electrons. The molecule has 2 heteroatoms. The summed E-state index contributed by atoms with van der Waals surface area (Å²) in [6.45, 7) is 3.35. The van der Waals surface area contributed by atoms with Crippen molar-refractivity contribution < 1.29 is 0 Å². The zero-order valence-electron chi connectivity index (χ0n) is 6.05. The van der Waals surface area contributed by atoms with Gasteiger partial charge < -0.3 is 5.32 Å². The smallest absolute Gasteiger partial charge is 0.0340 e. The summed E-state index contributed by atoms with van der Waals surface area (Å²) in [5.74, 6) is 0. The summed E-state index contributed by atoms with van der Waals surface area (Å²) in [6.07, 6.45) is 1.32. The topological polar surface area (TPSA) is 12.0 Å². The van der Waals surface area contributed by atoms with E-state index >= 15 is 0 Å². The Morgan fingerprint density at radius 1 is 1.70 bits per heavy atom. The lowest BCUT2D eigenvalue weighted by molar-refractivity contribution is 0.384. The molecule has 1 aromatic heterocycles. The van der Waals surface area contributed by atoms with Crippen LogP contribution in [0.15, 0.2) is 11.4 Å². The van der Waals surface area contributed by atoms with Crippen molar-refractivity contribution in [3.05, 3.63) is 21.9 Å². The number of hydrogen-bond acceptors (Lipinski definition) is 2. The first-order valence-electron chi connectivity index (χ1n) is 3.65. The highest BCUT2D eigenvalue weighted by Gasteiger charge is 2.18. The minimum absolute atomic E-state index is 0.671. The standard InChI is InChI=1S/C8H11NS/c1-6-4-7(5-10-6)8-2-3-9-8/h4-5,8-9H,2-3H2,1H3/t8-/m0/s1. The van der Waals surface area contributed by atoms with Crippen LogP contribution in [0, 0.1) is 6.92 Å². The van der Waals surface area contributed by atoms with Crippen LogP contribution in [0.4, 0.5) is 0 Å². The lowest BCUT2D eigenvalue weighted by Gasteiger charge is -2.26. The zero-order valence-corrected chi connectivity index (χ0v) is 6.87. The lowest BCUT2D eigenvalue weighted by Crippen LogP contribution is -2.34. The fourth-order valence-electron chi connectivity index (χ4n) is 1.22. The number of rotatable bonds is 1. The third kappa shape index (κ3) is 0.976. The molecule has 1 N–H and O–H groups in total. The van der Waals surface area contributed by atoms with Crippen LogP contribution in [0.3, 0.4) is 0 Å². The van der Waals surface area contributed by atoms with Crippen molar-refractivity contribution in [2.75, 3.05) is 6.54 Å². The lowest BCUT2D eigenvalue weighted by atomic mass is 10.0. The summed E-state index contributed by atoms with van der Waals surface area (Å²) in [6, 6.07) is 2.95. The maximum Gasteiger partial charge on any atom is 0.0340 e.